The molecule has 0 unspecified atom stereocenters. The van der Waals surface area contributed by atoms with Gasteiger partial charge in [-0.1, -0.05) is 30.3 Å². The Labute approximate surface area is 146 Å². The first-order chi connectivity index (χ1) is 10.4. The number of anilines is 1. The van der Waals surface area contributed by atoms with Gasteiger partial charge in [0.1, 0.15) is 4.60 Å². The quantitative estimate of drug-likeness (QED) is 0.582. The first-order valence-corrected chi connectivity index (χ1v) is 8.37. The lowest BCUT2D eigenvalue weighted by Crippen LogP contribution is -2.16. The molecular formula is C16H16Br2N2O2. The molecule has 2 rings (SSSR count). The number of nitrogens with zero attached hydrogens (tertiary/aromatic N) is 1. The smallest absolute Gasteiger partial charge is 0.359 e. The third kappa shape index (κ3) is 3.87. The van der Waals surface area contributed by atoms with Crippen molar-refractivity contribution < 1.29 is 9.53 Å². The molecule has 0 saturated carbocycles. The zero-order chi connectivity index (χ0) is 16.3. The van der Waals surface area contributed by atoms with E-state index in [0.717, 1.165) is 11.1 Å². The summed E-state index contributed by atoms with van der Waals surface area (Å²) in [6.45, 7) is 3.56. The molecule has 0 saturated heterocycles. The number of rotatable bonds is 4. The zero-order valence-electron chi connectivity index (χ0n) is 12.3. The number of halogens is 2. The van der Waals surface area contributed by atoms with E-state index in [1.807, 2.05) is 30.3 Å². The molecule has 1 aromatic carbocycles. The van der Waals surface area contributed by atoms with Gasteiger partial charge in [-0.15, -0.1) is 0 Å². The van der Waals surface area contributed by atoms with Crippen molar-refractivity contribution in [3.05, 3.63) is 56.2 Å². The van der Waals surface area contributed by atoms with Crippen LogP contribution in [0.5, 0.6) is 0 Å². The van der Waals surface area contributed by atoms with Gasteiger partial charge < -0.3 is 10.5 Å². The molecule has 0 fully saturated rings. The number of carbonyl (C=O) groups excluding carboxylic acids is 1. The van der Waals surface area contributed by atoms with Gasteiger partial charge in [0, 0.05) is 16.5 Å². The van der Waals surface area contributed by atoms with Crippen LogP contribution in [0.2, 0.25) is 0 Å². The second-order valence-corrected chi connectivity index (χ2v) is 6.62. The fourth-order valence-electron chi connectivity index (χ4n) is 1.96. The van der Waals surface area contributed by atoms with E-state index in [0.29, 0.717) is 21.2 Å². The average molecular weight is 428 g/mol. The fraction of sp³-hybridized carbons (Fsp3) is 0.250. The topological polar surface area (TPSA) is 65.2 Å². The van der Waals surface area contributed by atoms with Crippen LogP contribution in [-0.2, 0) is 11.2 Å². The Kier molecular flexibility index (Phi) is 5.58. The molecule has 0 bridgehead atoms. The molecule has 2 N–H and O–H groups in total. The lowest BCUT2D eigenvalue weighted by molar-refractivity contribution is 0.0372. The standard InChI is InChI=1S/C16H16Br2N2O2/c1-9(2)22-16(21)14-13(19)12(17)11(15(18)20-14)8-10-6-4-3-5-7-10/h3-7,9H,8,19H2,1-2H3. The van der Waals surface area contributed by atoms with Crippen molar-refractivity contribution >= 4 is 43.5 Å². The first-order valence-electron chi connectivity index (χ1n) is 6.78. The Morgan fingerprint density at radius 2 is 1.91 bits per heavy atom. The minimum Gasteiger partial charge on any atom is -0.458 e. The fourth-order valence-corrected chi connectivity index (χ4v) is 3.26. The molecular weight excluding hydrogens is 412 g/mol. The molecule has 0 spiro atoms. The summed E-state index contributed by atoms with van der Waals surface area (Å²) < 4.78 is 6.40. The SMILES string of the molecule is CC(C)OC(=O)c1nc(Br)c(Cc2ccccc2)c(Br)c1N. The minimum atomic E-state index is -0.528. The molecule has 0 aliphatic carbocycles. The summed E-state index contributed by atoms with van der Waals surface area (Å²) in [6, 6.07) is 9.96. The first kappa shape index (κ1) is 17.0. The number of nitrogens with two attached hydrogens (primary N) is 1. The number of benzene rings is 1. The Hall–Kier alpha value is -1.40. The maximum absolute atomic E-state index is 12.0. The van der Waals surface area contributed by atoms with Gasteiger partial charge in [0.25, 0.3) is 0 Å². The van der Waals surface area contributed by atoms with E-state index >= 15 is 0 Å². The molecule has 22 heavy (non-hydrogen) atoms. The van der Waals surface area contributed by atoms with Gasteiger partial charge in [-0.25, -0.2) is 9.78 Å². The number of ether oxygens (including phenoxy) is 1. The van der Waals surface area contributed by atoms with Crippen molar-refractivity contribution in [2.24, 2.45) is 0 Å². The zero-order valence-corrected chi connectivity index (χ0v) is 15.4. The summed E-state index contributed by atoms with van der Waals surface area (Å²) in [7, 11) is 0. The third-order valence-electron chi connectivity index (χ3n) is 2.98. The largest absolute Gasteiger partial charge is 0.458 e. The summed E-state index contributed by atoms with van der Waals surface area (Å²) >= 11 is 6.89. The molecule has 1 aromatic heterocycles. The van der Waals surface area contributed by atoms with Crippen LogP contribution in [-0.4, -0.2) is 17.1 Å². The van der Waals surface area contributed by atoms with E-state index in [2.05, 4.69) is 36.8 Å². The average Bonchev–Trinajstić information content (AvgIpc) is 2.47. The summed E-state index contributed by atoms with van der Waals surface area (Å²) in [5, 5.41) is 0. The molecule has 116 valence electrons. The van der Waals surface area contributed by atoms with Crippen molar-refractivity contribution in [2.45, 2.75) is 26.4 Å². The maximum atomic E-state index is 12.0. The van der Waals surface area contributed by atoms with Crippen LogP contribution < -0.4 is 5.73 Å². The summed E-state index contributed by atoms with van der Waals surface area (Å²) in [5.41, 5.74) is 8.48. The van der Waals surface area contributed by atoms with Crippen LogP contribution in [0.3, 0.4) is 0 Å². The third-order valence-corrected chi connectivity index (χ3v) is 4.54. The molecule has 0 aliphatic heterocycles. The highest BCUT2D eigenvalue weighted by atomic mass is 79.9. The van der Waals surface area contributed by atoms with Gasteiger partial charge in [-0.05, 0) is 51.3 Å². The van der Waals surface area contributed by atoms with Crippen molar-refractivity contribution in [3.8, 4) is 0 Å². The maximum Gasteiger partial charge on any atom is 0.359 e. The van der Waals surface area contributed by atoms with E-state index in [4.69, 9.17) is 10.5 Å². The second-order valence-electron chi connectivity index (χ2n) is 5.07. The molecule has 0 aliphatic rings. The van der Waals surface area contributed by atoms with Gasteiger partial charge in [-0.3, -0.25) is 0 Å². The van der Waals surface area contributed by atoms with E-state index in [1.165, 1.54) is 0 Å². The lowest BCUT2D eigenvalue weighted by atomic mass is 10.1. The van der Waals surface area contributed by atoms with Crippen LogP contribution in [0.4, 0.5) is 5.69 Å². The lowest BCUT2D eigenvalue weighted by Gasteiger charge is -2.14. The molecule has 6 heteroatoms. The van der Waals surface area contributed by atoms with Crippen LogP contribution in [0, 0.1) is 0 Å². The van der Waals surface area contributed by atoms with Gasteiger partial charge in [0.2, 0.25) is 0 Å². The number of pyridine rings is 1. The molecule has 0 atom stereocenters. The summed E-state index contributed by atoms with van der Waals surface area (Å²) in [5.74, 6) is -0.528. The van der Waals surface area contributed by atoms with Crippen LogP contribution >= 0.6 is 31.9 Å². The highest BCUT2D eigenvalue weighted by Gasteiger charge is 2.21. The van der Waals surface area contributed by atoms with Gasteiger partial charge in [0.15, 0.2) is 5.69 Å². The second kappa shape index (κ2) is 7.24. The predicted molar refractivity (Wildman–Crippen MR) is 93.8 cm³/mol. The number of aromatic nitrogens is 1. The van der Waals surface area contributed by atoms with E-state index in [1.54, 1.807) is 13.8 Å². The summed E-state index contributed by atoms with van der Waals surface area (Å²) in [4.78, 5) is 16.3. The van der Waals surface area contributed by atoms with Gasteiger partial charge >= 0.3 is 5.97 Å². The molecule has 2 aromatic rings. The predicted octanol–water partition coefficient (Wildman–Crippen LogP) is 4.34. The van der Waals surface area contributed by atoms with E-state index in [9.17, 15) is 4.79 Å². The van der Waals surface area contributed by atoms with Crippen molar-refractivity contribution in [1.82, 2.24) is 4.98 Å². The number of esters is 1. The minimum absolute atomic E-state index is 0.115. The van der Waals surface area contributed by atoms with Crippen molar-refractivity contribution in [1.29, 1.82) is 0 Å². The number of hydrogen-bond acceptors (Lipinski definition) is 4. The van der Waals surface area contributed by atoms with Crippen molar-refractivity contribution in [3.63, 3.8) is 0 Å². The Morgan fingerprint density at radius 1 is 1.27 bits per heavy atom. The Balaban J connectivity index is 2.38. The monoisotopic (exact) mass is 426 g/mol. The van der Waals surface area contributed by atoms with Gasteiger partial charge in [0.05, 0.1) is 11.8 Å². The van der Waals surface area contributed by atoms with Gasteiger partial charge in [-0.2, -0.15) is 0 Å². The molecule has 0 radical (unpaired) electrons. The van der Waals surface area contributed by atoms with E-state index in [-0.39, 0.29) is 11.8 Å². The number of nitrogen functional groups attached to an aromatic ring is 1. The van der Waals surface area contributed by atoms with Crippen LogP contribution in [0.25, 0.3) is 0 Å². The van der Waals surface area contributed by atoms with Crippen molar-refractivity contribution in [2.75, 3.05) is 5.73 Å². The molecule has 0 amide bonds. The Bertz CT molecular complexity index is 688. The van der Waals surface area contributed by atoms with Crippen LogP contribution in [0.1, 0.15) is 35.5 Å². The van der Waals surface area contributed by atoms with E-state index < -0.39 is 5.97 Å². The Morgan fingerprint density at radius 3 is 2.50 bits per heavy atom. The number of hydrogen-bond donors (Lipinski definition) is 1. The van der Waals surface area contributed by atoms with Crippen LogP contribution in [0.15, 0.2) is 39.4 Å². The highest BCUT2D eigenvalue weighted by molar-refractivity contribution is 9.11. The normalized spacial score (nSPS) is 10.8. The molecule has 1 heterocycles. The molecule has 4 nitrogen and oxygen atoms in total. The number of carbonyl (C=O) groups is 1. The highest BCUT2D eigenvalue weighted by Crippen LogP contribution is 2.33. The summed E-state index contributed by atoms with van der Waals surface area (Å²) in [6.07, 6.45) is 0.425.